The number of benzene rings is 3. The third-order valence-electron chi connectivity index (χ3n) is 5.57. The number of carbonyl (C=O) groups excluding carboxylic acids is 1. The Morgan fingerprint density at radius 2 is 1.45 bits per heavy atom. The summed E-state index contributed by atoms with van der Waals surface area (Å²) in [4.78, 5) is 52.7. The van der Waals surface area contributed by atoms with Crippen molar-refractivity contribution in [2.45, 2.75) is 23.6 Å². The maximum absolute atomic E-state index is 14.0. The minimum Gasteiger partial charge on any atom is -0.462 e. The highest BCUT2D eigenvalue weighted by Gasteiger charge is 2.27. The van der Waals surface area contributed by atoms with Crippen LogP contribution in [-0.2, 0) is 4.74 Å². The Balaban J connectivity index is 2.06. The van der Waals surface area contributed by atoms with Crippen LogP contribution in [0.1, 0.15) is 22.8 Å². The van der Waals surface area contributed by atoms with E-state index in [1.165, 1.54) is 42.5 Å². The minimum atomic E-state index is -0.897. The van der Waals surface area contributed by atoms with Gasteiger partial charge in [0.15, 0.2) is 0 Å². The number of hydrogen-bond donors (Lipinski definition) is 1. The molecule has 1 aromatic heterocycles. The molecule has 1 N–H and O–H groups in total. The summed E-state index contributed by atoms with van der Waals surface area (Å²) in [6.45, 7) is 3.51. The monoisotopic (exact) mass is 531 g/mol. The number of hydrogen-bond acceptors (Lipinski definition) is 8. The molecule has 0 saturated heterocycles. The van der Waals surface area contributed by atoms with Crippen molar-refractivity contribution in [3.8, 4) is 22.5 Å². The first-order chi connectivity index (χ1) is 18.2. The number of nitrogens with zero attached hydrogens (tertiary/aromatic N) is 2. The number of nitro groups is 2. The number of aromatic amines is 1. The lowest BCUT2D eigenvalue weighted by atomic mass is 10.0. The van der Waals surface area contributed by atoms with E-state index in [0.717, 1.165) is 17.3 Å². The molecule has 0 spiro atoms. The second kappa shape index (κ2) is 11.1. The van der Waals surface area contributed by atoms with E-state index in [-0.39, 0.29) is 45.4 Å². The highest BCUT2D eigenvalue weighted by Crippen LogP contribution is 2.37. The predicted molar refractivity (Wildman–Crippen MR) is 143 cm³/mol. The number of carbonyl (C=O) groups is 1. The maximum Gasteiger partial charge on any atom is 0.344 e. The number of aryl methyl sites for hydroxylation is 1. The molecule has 10 nitrogen and oxygen atoms in total. The molecule has 0 aliphatic heterocycles. The quantitative estimate of drug-likeness (QED) is 0.162. The molecular weight excluding hydrogens is 510 g/mol. The molecule has 0 fully saturated rings. The molecule has 0 unspecified atom stereocenters. The molecule has 0 bridgehead atoms. The topological polar surface area (TPSA) is 145 Å². The van der Waals surface area contributed by atoms with Crippen molar-refractivity contribution in [3.63, 3.8) is 0 Å². The molecule has 0 aliphatic carbocycles. The van der Waals surface area contributed by atoms with E-state index >= 15 is 0 Å². The van der Waals surface area contributed by atoms with Gasteiger partial charge in [-0.25, -0.2) is 4.79 Å². The van der Waals surface area contributed by atoms with Gasteiger partial charge in [-0.2, -0.15) is 0 Å². The number of nitrogens with one attached hydrogen (secondary N) is 1. The van der Waals surface area contributed by atoms with Gasteiger partial charge in [-0.1, -0.05) is 53.7 Å². The Bertz CT molecular complexity index is 1610. The standard InChI is InChI=1S/C27H21N3O7S/c1-3-37-27(32)22-23(17-6-4-8-19(14-17)29(33)34)28-24(18-7-5-9-20(15-18)30(35)36)26(25(22)31)38-21-12-10-16(2)11-13-21/h4-15H,3H2,1-2H3,(H,28,31). The van der Waals surface area contributed by atoms with Crippen molar-refractivity contribution in [1.29, 1.82) is 0 Å². The van der Waals surface area contributed by atoms with Crippen molar-refractivity contribution >= 4 is 29.1 Å². The van der Waals surface area contributed by atoms with Gasteiger partial charge in [0, 0.05) is 40.3 Å². The molecule has 0 amide bonds. The maximum atomic E-state index is 14.0. The average Bonchev–Trinajstić information content (AvgIpc) is 2.91. The largest absolute Gasteiger partial charge is 0.462 e. The van der Waals surface area contributed by atoms with Crippen LogP contribution in [0.4, 0.5) is 11.4 Å². The molecule has 38 heavy (non-hydrogen) atoms. The van der Waals surface area contributed by atoms with Gasteiger partial charge in [-0.05, 0) is 26.0 Å². The van der Waals surface area contributed by atoms with Crippen LogP contribution >= 0.6 is 11.8 Å². The summed E-state index contributed by atoms with van der Waals surface area (Å²) < 4.78 is 5.17. The molecule has 0 aliphatic rings. The Labute approximate surface area is 220 Å². The minimum absolute atomic E-state index is 0.000277. The fourth-order valence-corrected chi connectivity index (χ4v) is 4.75. The van der Waals surface area contributed by atoms with Gasteiger partial charge in [0.25, 0.3) is 11.4 Å². The molecule has 1 heterocycles. The Hall–Kier alpha value is -4.77. The third-order valence-corrected chi connectivity index (χ3v) is 6.67. The first kappa shape index (κ1) is 26.3. The highest BCUT2D eigenvalue weighted by molar-refractivity contribution is 7.99. The van der Waals surface area contributed by atoms with E-state index in [0.29, 0.717) is 10.5 Å². The summed E-state index contributed by atoms with van der Waals surface area (Å²) in [5.41, 5.74) is 0.341. The zero-order valence-corrected chi connectivity index (χ0v) is 21.1. The molecular formula is C27H21N3O7S. The van der Waals surface area contributed by atoms with E-state index in [1.807, 2.05) is 31.2 Å². The number of H-pyrrole nitrogens is 1. The van der Waals surface area contributed by atoms with Crippen molar-refractivity contribution < 1.29 is 19.4 Å². The SMILES string of the molecule is CCOC(=O)c1c(-c2cccc([N+](=O)[O-])c2)[nH]c(-c2cccc([N+](=O)[O-])c2)c(Sc2ccc(C)cc2)c1=O. The summed E-state index contributed by atoms with van der Waals surface area (Å²) in [5.74, 6) is -0.897. The van der Waals surface area contributed by atoms with Gasteiger partial charge in [-0.3, -0.25) is 25.0 Å². The van der Waals surface area contributed by atoms with Crippen LogP contribution < -0.4 is 5.43 Å². The van der Waals surface area contributed by atoms with Gasteiger partial charge in [0.2, 0.25) is 5.43 Å². The number of aromatic nitrogens is 1. The van der Waals surface area contributed by atoms with Gasteiger partial charge in [-0.15, -0.1) is 0 Å². The average molecular weight is 532 g/mol. The Morgan fingerprint density at radius 1 is 0.895 bits per heavy atom. The summed E-state index contributed by atoms with van der Waals surface area (Å²) >= 11 is 1.09. The lowest BCUT2D eigenvalue weighted by molar-refractivity contribution is -0.385. The first-order valence-corrected chi connectivity index (χ1v) is 12.2. The second-order valence-corrected chi connectivity index (χ2v) is 9.24. The van der Waals surface area contributed by atoms with Crippen LogP contribution in [0.2, 0.25) is 0 Å². The van der Waals surface area contributed by atoms with E-state index in [9.17, 15) is 29.8 Å². The van der Waals surface area contributed by atoms with Crippen LogP contribution in [0.5, 0.6) is 0 Å². The molecule has 11 heteroatoms. The number of rotatable bonds is 8. The lowest BCUT2D eigenvalue weighted by Gasteiger charge is -2.16. The molecule has 4 aromatic rings. The van der Waals surface area contributed by atoms with Crippen molar-refractivity contribution in [1.82, 2.24) is 4.98 Å². The summed E-state index contributed by atoms with van der Waals surface area (Å²) in [6, 6.07) is 18.6. The fourth-order valence-electron chi connectivity index (χ4n) is 3.77. The fraction of sp³-hybridized carbons (Fsp3) is 0.111. The summed E-state index contributed by atoms with van der Waals surface area (Å²) in [6.07, 6.45) is 0. The first-order valence-electron chi connectivity index (χ1n) is 11.4. The normalized spacial score (nSPS) is 10.7. The van der Waals surface area contributed by atoms with Crippen LogP contribution in [0, 0.1) is 27.2 Å². The Kier molecular flexibility index (Phi) is 7.68. The lowest BCUT2D eigenvalue weighted by Crippen LogP contribution is -2.22. The van der Waals surface area contributed by atoms with E-state index < -0.39 is 21.2 Å². The van der Waals surface area contributed by atoms with Crippen molar-refractivity contribution in [3.05, 3.63) is 114 Å². The molecule has 0 radical (unpaired) electrons. The molecule has 0 atom stereocenters. The number of ether oxygens (including phenoxy) is 1. The Morgan fingerprint density at radius 3 is 1.97 bits per heavy atom. The van der Waals surface area contributed by atoms with Crippen LogP contribution in [-0.4, -0.2) is 27.4 Å². The van der Waals surface area contributed by atoms with Gasteiger partial charge in [0.05, 0.1) is 32.7 Å². The molecule has 192 valence electrons. The third kappa shape index (κ3) is 5.47. The molecule has 4 rings (SSSR count). The smallest absolute Gasteiger partial charge is 0.344 e. The number of pyridine rings is 1. The van der Waals surface area contributed by atoms with Crippen LogP contribution in [0.3, 0.4) is 0 Å². The zero-order chi connectivity index (χ0) is 27.4. The summed E-state index contributed by atoms with van der Waals surface area (Å²) in [7, 11) is 0. The number of esters is 1. The zero-order valence-electron chi connectivity index (χ0n) is 20.3. The van der Waals surface area contributed by atoms with Gasteiger partial charge >= 0.3 is 5.97 Å². The van der Waals surface area contributed by atoms with Crippen molar-refractivity contribution in [2.75, 3.05) is 6.61 Å². The van der Waals surface area contributed by atoms with Crippen molar-refractivity contribution in [2.24, 2.45) is 0 Å². The summed E-state index contributed by atoms with van der Waals surface area (Å²) in [5, 5.41) is 22.9. The van der Waals surface area contributed by atoms with Gasteiger partial charge < -0.3 is 9.72 Å². The number of non-ortho nitro benzene ring substituents is 2. The molecule has 0 saturated carbocycles. The highest BCUT2D eigenvalue weighted by atomic mass is 32.2. The van der Waals surface area contributed by atoms with E-state index in [4.69, 9.17) is 4.74 Å². The van der Waals surface area contributed by atoms with Gasteiger partial charge in [0.1, 0.15) is 5.56 Å². The van der Waals surface area contributed by atoms with Crippen LogP contribution in [0.25, 0.3) is 22.5 Å². The van der Waals surface area contributed by atoms with E-state index in [2.05, 4.69) is 4.98 Å². The molecule has 3 aromatic carbocycles. The van der Waals surface area contributed by atoms with Crippen LogP contribution in [0.15, 0.2) is 87.4 Å². The predicted octanol–water partition coefficient (Wildman–Crippen LogP) is 6.16. The van der Waals surface area contributed by atoms with E-state index in [1.54, 1.807) is 13.0 Å². The number of nitro benzene ring substituents is 2. The second-order valence-electron chi connectivity index (χ2n) is 8.16.